The average Bonchev–Trinajstić information content (AvgIpc) is 1.78. The number of rotatable bonds is 0. The minimum Gasteiger partial charge on any atom is -0.508 e. The molecule has 0 aromatic rings. The summed E-state index contributed by atoms with van der Waals surface area (Å²) < 4.78 is 0. The summed E-state index contributed by atoms with van der Waals surface area (Å²) in [7, 11) is 0. The fourth-order valence-electron chi connectivity index (χ4n) is 0.917. The minimum absolute atomic E-state index is 0.0726. The van der Waals surface area contributed by atoms with Crippen LogP contribution in [0.2, 0.25) is 0 Å². The van der Waals surface area contributed by atoms with E-state index < -0.39 is 5.60 Å². The van der Waals surface area contributed by atoms with Crippen molar-refractivity contribution in [2.24, 2.45) is 5.92 Å². The van der Waals surface area contributed by atoms with E-state index in [0.29, 0.717) is 0 Å². The van der Waals surface area contributed by atoms with Gasteiger partial charge in [-0.05, 0) is 19.1 Å². The summed E-state index contributed by atoms with van der Waals surface area (Å²) in [4.78, 5) is 0. The van der Waals surface area contributed by atoms with Gasteiger partial charge in [-0.2, -0.15) is 0 Å². The molecule has 0 aliphatic heterocycles. The van der Waals surface area contributed by atoms with Gasteiger partial charge in [0.1, 0.15) is 5.76 Å². The maximum absolute atomic E-state index is 9.53. The molecule has 0 heterocycles. The molecule has 0 spiro atoms. The van der Waals surface area contributed by atoms with Crippen molar-refractivity contribution in [1.29, 1.82) is 0 Å². The van der Waals surface area contributed by atoms with Crippen LogP contribution in [-0.2, 0) is 0 Å². The highest BCUT2D eigenvalue weighted by atomic mass is 16.3. The lowest BCUT2D eigenvalue weighted by Crippen LogP contribution is -2.31. The summed E-state index contributed by atoms with van der Waals surface area (Å²) in [5.41, 5.74) is -0.890. The number of hydrogen-bond acceptors (Lipinski definition) is 2. The molecule has 2 N–H and O–H groups in total. The normalized spacial score (nSPS) is 39.5. The summed E-state index contributed by atoms with van der Waals surface area (Å²) >= 11 is 0. The Labute approximate surface area is 60.5 Å². The van der Waals surface area contributed by atoms with Crippen LogP contribution in [0.3, 0.4) is 0 Å². The molecular weight excluding hydrogens is 128 g/mol. The van der Waals surface area contributed by atoms with E-state index in [2.05, 4.69) is 0 Å². The topological polar surface area (TPSA) is 40.5 Å². The van der Waals surface area contributed by atoms with Crippen molar-refractivity contribution in [3.63, 3.8) is 0 Å². The molecule has 1 aliphatic carbocycles. The van der Waals surface area contributed by atoms with Crippen molar-refractivity contribution in [2.75, 3.05) is 0 Å². The van der Waals surface area contributed by atoms with E-state index in [1.54, 1.807) is 19.1 Å². The lowest BCUT2D eigenvalue weighted by atomic mass is 9.87. The van der Waals surface area contributed by atoms with Gasteiger partial charge in [-0.1, -0.05) is 13.0 Å². The third kappa shape index (κ3) is 1.21. The molecule has 0 radical (unpaired) electrons. The molecule has 2 heteroatoms. The highest BCUT2D eigenvalue weighted by Gasteiger charge is 2.26. The number of aliphatic hydroxyl groups is 2. The van der Waals surface area contributed by atoms with Gasteiger partial charge < -0.3 is 10.2 Å². The average molecular weight is 140 g/mol. The van der Waals surface area contributed by atoms with Crippen LogP contribution in [0, 0.1) is 5.92 Å². The summed E-state index contributed by atoms with van der Waals surface area (Å²) in [5, 5.41) is 18.5. The highest BCUT2D eigenvalue weighted by Crippen LogP contribution is 2.24. The lowest BCUT2D eigenvalue weighted by molar-refractivity contribution is 0.0687. The van der Waals surface area contributed by atoms with Gasteiger partial charge in [-0.15, -0.1) is 0 Å². The maximum Gasteiger partial charge on any atom is 0.114 e. The van der Waals surface area contributed by atoms with Gasteiger partial charge in [0, 0.05) is 5.92 Å². The Hall–Kier alpha value is -0.760. The summed E-state index contributed by atoms with van der Waals surface area (Å²) in [6.45, 7) is 3.58. The minimum atomic E-state index is -0.890. The van der Waals surface area contributed by atoms with Crippen molar-refractivity contribution < 1.29 is 10.2 Å². The van der Waals surface area contributed by atoms with Crippen molar-refractivity contribution in [1.82, 2.24) is 0 Å². The Kier molecular flexibility index (Phi) is 1.57. The molecule has 1 rings (SSSR count). The zero-order valence-electron chi connectivity index (χ0n) is 6.20. The third-order valence-electron chi connectivity index (χ3n) is 1.92. The standard InChI is InChI=1S/C8H12O2/c1-6-3-4-7(9)5-8(6,2)10/h3-6,9-10H,1-2H3. The third-order valence-corrected chi connectivity index (χ3v) is 1.92. The van der Waals surface area contributed by atoms with Gasteiger partial charge in [-0.3, -0.25) is 0 Å². The molecule has 0 bridgehead atoms. The van der Waals surface area contributed by atoms with Gasteiger partial charge in [-0.25, -0.2) is 0 Å². The Morgan fingerprint density at radius 2 is 2.20 bits per heavy atom. The van der Waals surface area contributed by atoms with Crippen molar-refractivity contribution >= 4 is 0 Å². The van der Waals surface area contributed by atoms with Crippen LogP contribution >= 0.6 is 0 Å². The van der Waals surface area contributed by atoms with E-state index >= 15 is 0 Å². The van der Waals surface area contributed by atoms with Crippen LogP contribution in [0.4, 0.5) is 0 Å². The Morgan fingerprint density at radius 3 is 2.60 bits per heavy atom. The Balaban J connectivity index is 2.88. The first-order chi connectivity index (χ1) is 4.52. The van der Waals surface area contributed by atoms with Crippen LogP contribution in [0.1, 0.15) is 13.8 Å². The SMILES string of the molecule is CC1C=CC(O)=CC1(C)O. The first-order valence-electron chi connectivity index (χ1n) is 3.35. The van der Waals surface area contributed by atoms with E-state index in [-0.39, 0.29) is 11.7 Å². The Bertz CT molecular complexity index is 189. The van der Waals surface area contributed by atoms with Gasteiger partial charge in [0.2, 0.25) is 0 Å². The predicted molar refractivity (Wildman–Crippen MR) is 39.6 cm³/mol. The van der Waals surface area contributed by atoms with Crippen molar-refractivity contribution in [2.45, 2.75) is 19.4 Å². The van der Waals surface area contributed by atoms with E-state index in [0.717, 1.165) is 0 Å². The van der Waals surface area contributed by atoms with Crippen LogP contribution in [0.25, 0.3) is 0 Å². The van der Waals surface area contributed by atoms with Crippen LogP contribution < -0.4 is 0 Å². The van der Waals surface area contributed by atoms with E-state index in [9.17, 15) is 5.11 Å². The molecule has 0 fully saturated rings. The van der Waals surface area contributed by atoms with E-state index in [1.165, 1.54) is 6.08 Å². The molecule has 1 aliphatic rings. The zero-order chi connectivity index (χ0) is 7.78. The number of allylic oxidation sites excluding steroid dienone is 1. The largest absolute Gasteiger partial charge is 0.508 e. The second-order valence-corrected chi connectivity index (χ2v) is 2.94. The monoisotopic (exact) mass is 140 g/mol. The quantitative estimate of drug-likeness (QED) is 0.533. The number of aliphatic hydroxyl groups excluding tert-OH is 1. The molecule has 0 saturated heterocycles. The summed E-state index contributed by atoms with van der Waals surface area (Å²) in [5.74, 6) is 0.214. The summed E-state index contributed by atoms with van der Waals surface area (Å²) in [6.07, 6.45) is 4.84. The van der Waals surface area contributed by atoms with Crippen LogP contribution in [-0.4, -0.2) is 15.8 Å². The predicted octanol–water partition coefficient (Wildman–Crippen LogP) is 1.39. The molecule has 0 saturated carbocycles. The fourth-order valence-corrected chi connectivity index (χ4v) is 0.917. The smallest absolute Gasteiger partial charge is 0.114 e. The molecule has 2 nitrogen and oxygen atoms in total. The van der Waals surface area contributed by atoms with Gasteiger partial charge in [0.15, 0.2) is 0 Å². The molecule has 2 atom stereocenters. The number of hydrogen-bond donors (Lipinski definition) is 2. The fraction of sp³-hybridized carbons (Fsp3) is 0.500. The van der Waals surface area contributed by atoms with Crippen LogP contribution in [0.5, 0.6) is 0 Å². The maximum atomic E-state index is 9.53. The highest BCUT2D eigenvalue weighted by molar-refractivity contribution is 5.23. The first kappa shape index (κ1) is 7.35. The second-order valence-electron chi connectivity index (χ2n) is 2.94. The Morgan fingerprint density at radius 1 is 1.60 bits per heavy atom. The molecule has 10 heavy (non-hydrogen) atoms. The first-order valence-corrected chi connectivity index (χ1v) is 3.35. The zero-order valence-corrected chi connectivity index (χ0v) is 6.20. The molecular formula is C8H12O2. The van der Waals surface area contributed by atoms with Gasteiger partial charge in [0.05, 0.1) is 5.60 Å². The van der Waals surface area contributed by atoms with Gasteiger partial charge in [0.25, 0.3) is 0 Å². The molecule has 0 amide bonds. The lowest BCUT2D eigenvalue weighted by Gasteiger charge is -2.27. The molecule has 0 aromatic heterocycles. The molecule has 0 aromatic carbocycles. The second kappa shape index (κ2) is 2.13. The molecule has 2 unspecified atom stereocenters. The van der Waals surface area contributed by atoms with Crippen LogP contribution in [0.15, 0.2) is 24.0 Å². The van der Waals surface area contributed by atoms with Gasteiger partial charge >= 0.3 is 0 Å². The summed E-state index contributed by atoms with van der Waals surface area (Å²) in [6, 6.07) is 0. The van der Waals surface area contributed by atoms with Crippen molar-refractivity contribution in [3.8, 4) is 0 Å². The van der Waals surface area contributed by atoms with E-state index in [1.807, 2.05) is 6.92 Å². The molecule has 56 valence electrons. The van der Waals surface area contributed by atoms with Crippen molar-refractivity contribution in [3.05, 3.63) is 24.0 Å². The van der Waals surface area contributed by atoms with E-state index in [4.69, 9.17) is 5.11 Å².